The summed E-state index contributed by atoms with van der Waals surface area (Å²) in [6, 6.07) is 4.44. The van der Waals surface area contributed by atoms with Crippen LogP contribution in [0.1, 0.15) is 25.1 Å². The highest BCUT2D eigenvalue weighted by Gasteiger charge is 2.39. The number of hydrogen-bond donors (Lipinski definition) is 2. The fourth-order valence-corrected chi connectivity index (χ4v) is 5.64. The van der Waals surface area contributed by atoms with Crippen LogP contribution in [0.15, 0.2) is 29.3 Å². The van der Waals surface area contributed by atoms with Gasteiger partial charge in [0.15, 0.2) is 5.65 Å². The Bertz CT molecular complexity index is 1440. The van der Waals surface area contributed by atoms with Gasteiger partial charge in [0, 0.05) is 43.0 Å². The highest BCUT2D eigenvalue weighted by Crippen LogP contribution is 2.38. The molecule has 5 heterocycles. The molecule has 3 atom stereocenters. The minimum Gasteiger partial charge on any atom is -0.352 e. The molecule has 1 unspecified atom stereocenters. The van der Waals surface area contributed by atoms with Crippen LogP contribution in [0.4, 0.5) is 5.82 Å². The Labute approximate surface area is 189 Å². The topological polar surface area (TPSA) is 106 Å². The van der Waals surface area contributed by atoms with E-state index in [0.29, 0.717) is 45.4 Å². The fourth-order valence-electron chi connectivity index (χ4n) is 5.30. The molecule has 0 radical (unpaired) electrons. The first kappa shape index (κ1) is 19.7. The Morgan fingerprint density at radius 1 is 1.22 bits per heavy atom. The maximum atomic E-state index is 12.8. The van der Waals surface area contributed by atoms with E-state index in [9.17, 15) is 4.79 Å². The highest BCUT2D eigenvalue weighted by molar-refractivity contribution is 6.38. The van der Waals surface area contributed by atoms with Crippen molar-refractivity contribution in [1.29, 1.82) is 0 Å². The van der Waals surface area contributed by atoms with Crippen LogP contribution in [0.3, 0.4) is 0 Å². The van der Waals surface area contributed by atoms with Crippen molar-refractivity contribution in [2.75, 3.05) is 11.4 Å². The van der Waals surface area contributed by atoms with Crippen molar-refractivity contribution in [2.45, 2.75) is 38.3 Å². The van der Waals surface area contributed by atoms with E-state index in [4.69, 9.17) is 27.3 Å². The lowest BCUT2D eigenvalue weighted by molar-refractivity contribution is 0.215. The molecule has 1 aliphatic carbocycles. The van der Waals surface area contributed by atoms with Crippen molar-refractivity contribution < 1.29 is 0 Å². The second-order valence-corrected chi connectivity index (χ2v) is 9.39. The Morgan fingerprint density at radius 2 is 2.06 bits per heavy atom. The second-order valence-electron chi connectivity index (χ2n) is 9.02. The molecule has 32 heavy (non-hydrogen) atoms. The van der Waals surface area contributed by atoms with E-state index < -0.39 is 0 Å². The number of aromatic nitrogens is 5. The zero-order valence-electron chi connectivity index (χ0n) is 18.0. The molecular formula is C23H24ClN7O. The number of nitrogens with two attached hydrogens (primary N) is 1. The van der Waals surface area contributed by atoms with Crippen molar-refractivity contribution in [3.63, 3.8) is 0 Å². The molecule has 2 saturated heterocycles. The van der Waals surface area contributed by atoms with E-state index in [1.807, 2.05) is 24.5 Å². The summed E-state index contributed by atoms with van der Waals surface area (Å²) >= 11 is 6.74. The maximum Gasteiger partial charge on any atom is 0.262 e. The Balaban J connectivity index is 1.44. The Hall–Kier alpha value is -2.97. The van der Waals surface area contributed by atoms with Gasteiger partial charge >= 0.3 is 0 Å². The largest absolute Gasteiger partial charge is 0.352 e. The van der Waals surface area contributed by atoms with Crippen LogP contribution in [-0.4, -0.2) is 43.1 Å². The molecule has 1 aromatic carbocycles. The van der Waals surface area contributed by atoms with Gasteiger partial charge in [0.25, 0.3) is 5.56 Å². The van der Waals surface area contributed by atoms with Crippen molar-refractivity contribution in [1.82, 2.24) is 24.5 Å². The molecule has 1 saturated carbocycles. The van der Waals surface area contributed by atoms with Crippen LogP contribution in [-0.2, 0) is 7.05 Å². The molecule has 3 aliphatic rings. The molecule has 4 aromatic rings. The lowest BCUT2D eigenvalue weighted by atomic mass is 9.76. The second kappa shape index (κ2) is 7.02. The summed E-state index contributed by atoms with van der Waals surface area (Å²) in [5.41, 5.74) is 9.70. The Kier molecular flexibility index (Phi) is 4.32. The van der Waals surface area contributed by atoms with Crippen molar-refractivity contribution >= 4 is 39.5 Å². The lowest BCUT2D eigenvalue weighted by Crippen LogP contribution is -2.57. The van der Waals surface area contributed by atoms with Crippen LogP contribution >= 0.6 is 11.6 Å². The third-order valence-corrected chi connectivity index (χ3v) is 7.64. The number of benzene rings is 1. The average Bonchev–Trinajstić information content (AvgIpc) is 3.21. The first-order valence-corrected chi connectivity index (χ1v) is 11.3. The van der Waals surface area contributed by atoms with Crippen LogP contribution in [0.2, 0.25) is 5.02 Å². The van der Waals surface area contributed by atoms with Crippen LogP contribution in [0.25, 0.3) is 33.2 Å². The average molecular weight is 450 g/mol. The van der Waals surface area contributed by atoms with Crippen molar-refractivity contribution in [3.05, 3.63) is 45.7 Å². The highest BCUT2D eigenvalue weighted by atomic mass is 35.5. The van der Waals surface area contributed by atoms with E-state index in [-0.39, 0.29) is 5.56 Å². The molecule has 3 N–H and O–H groups in total. The summed E-state index contributed by atoms with van der Waals surface area (Å²) in [7, 11) is 1.70. The molecule has 3 fully saturated rings. The molecule has 3 aromatic heterocycles. The number of hydrogen-bond acceptors (Lipinski definition) is 6. The molecule has 8 nitrogen and oxygen atoms in total. The number of halogens is 1. The summed E-state index contributed by atoms with van der Waals surface area (Å²) in [5, 5.41) is 0.793. The number of H-pyrrole nitrogens is 1. The number of nitrogens with one attached hydrogen (secondary N) is 1. The van der Waals surface area contributed by atoms with Gasteiger partial charge in [-0.05, 0) is 38.2 Å². The molecule has 9 heteroatoms. The molecule has 2 aliphatic heterocycles. The first-order valence-electron chi connectivity index (χ1n) is 10.9. The SMILES string of the molecule is Cc1nc2ccc(-c3c[nH]c4nc(N5CC6CC[C@@H]5C[C@@H]6N)cnc34)c(Cl)c2c(=O)n1C. The van der Waals surface area contributed by atoms with E-state index >= 15 is 0 Å². The van der Waals surface area contributed by atoms with Gasteiger partial charge < -0.3 is 15.6 Å². The predicted octanol–water partition coefficient (Wildman–Crippen LogP) is 3.15. The van der Waals surface area contributed by atoms with Crippen LogP contribution < -0.4 is 16.2 Å². The molecule has 0 amide bonds. The number of piperidine rings is 2. The molecule has 164 valence electrons. The zero-order valence-corrected chi connectivity index (χ0v) is 18.7. The van der Waals surface area contributed by atoms with Gasteiger partial charge in [-0.1, -0.05) is 17.7 Å². The zero-order chi connectivity index (χ0) is 22.1. The molecule has 0 spiro atoms. The number of anilines is 1. The first-order chi connectivity index (χ1) is 15.4. The molecule has 7 rings (SSSR count). The third kappa shape index (κ3) is 2.79. The van der Waals surface area contributed by atoms with E-state index in [1.165, 1.54) is 11.0 Å². The quantitative estimate of drug-likeness (QED) is 0.487. The van der Waals surface area contributed by atoms with Gasteiger partial charge in [-0.3, -0.25) is 9.36 Å². The van der Waals surface area contributed by atoms with Gasteiger partial charge in [0.2, 0.25) is 0 Å². The van der Waals surface area contributed by atoms with Gasteiger partial charge in [-0.2, -0.15) is 0 Å². The van der Waals surface area contributed by atoms with Gasteiger partial charge in [0.1, 0.15) is 17.2 Å². The number of fused-ring (bicyclic) bond motifs is 5. The Morgan fingerprint density at radius 3 is 2.81 bits per heavy atom. The molecule has 2 bridgehead atoms. The fraction of sp³-hybridized carbons (Fsp3) is 0.391. The van der Waals surface area contributed by atoms with Gasteiger partial charge in [-0.25, -0.2) is 15.0 Å². The minimum atomic E-state index is -0.161. The maximum absolute atomic E-state index is 12.8. The summed E-state index contributed by atoms with van der Waals surface area (Å²) in [4.78, 5) is 32.6. The van der Waals surface area contributed by atoms with E-state index in [1.54, 1.807) is 14.0 Å². The standard InChI is InChI=1S/C23H24ClN7O/c1-11-28-17-6-5-14(20(24)19(17)23(32)30(11)2)15-8-27-22-21(15)26-9-18(29-22)31-10-12-3-4-13(31)7-16(12)25/h5-6,8-9,12-13,16H,3-4,7,10,25H2,1-2H3,(H,27,29)/t12?,13-,16+/m1/s1. The third-order valence-electron chi connectivity index (χ3n) is 7.25. The normalized spacial score (nSPS) is 22.9. The minimum absolute atomic E-state index is 0.161. The monoisotopic (exact) mass is 449 g/mol. The van der Waals surface area contributed by atoms with Gasteiger partial charge in [-0.15, -0.1) is 0 Å². The summed E-state index contributed by atoms with van der Waals surface area (Å²) in [6.07, 6.45) is 7.05. The van der Waals surface area contributed by atoms with Crippen LogP contribution in [0, 0.1) is 12.8 Å². The summed E-state index contributed by atoms with van der Waals surface area (Å²) in [6.45, 7) is 2.74. The van der Waals surface area contributed by atoms with Crippen LogP contribution in [0.5, 0.6) is 0 Å². The van der Waals surface area contributed by atoms with E-state index in [0.717, 1.165) is 41.8 Å². The number of rotatable bonds is 2. The summed E-state index contributed by atoms with van der Waals surface area (Å²) < 4.78 is 1.51. The number of nitrogens with zero attached hydrogens (tertiary/aromatic N) is 5. The number of aryl methyl sites for hydroxylation is 1. The van der Waals surface area contributed by atoms with Gasteiger partial charge in [0.05, 0.1) is 22.1 Å². The lowest BCUT2D eigenvalue weighted by Gasteiger charge is -2.48. The smallest absolute Gasteiger partial charge is 0.262 e. The predicted molar refractivity (Wildman–Crippen MR) is 126 cm³/mol. The summed E-state index contributed by atoms with van der Waals surface area (Å²) in [5.74, 6) is 2.04. The molecular weight excluding hydrogens is 426 g/mol. The van der Waals surface area contributed by atoms with Crippen molar-refractivity contribution in [2.24, 2.45) is 18.7 Å². The van der Waals surface area contributed by atoms with Crippen molar-refractivity contribution in [3.8, 4) is 11.1 Å². The van der Waals surface area contributed by atoms with E-state index in [2.05, 4.69) is 14.9 Å². The number of aromatic amines is 1.